The average Bonchev–Trinajstić information content (AvgIpc) is 2.90. The van der Waals surface area contributed by atoms with Crippen LogP contribution in [0.5, 0.6) is 5.75 Å². The standard InChI is InChI=1S/C17H19ClN2O2S/c1-10-3-5-11(6-4-10)19-20-17(21)16-15(18)13-8-7-12(22-2)9-14(13)23-16/h5,7-10,19H,3-4,6H2,1-2H3,(H,20,21)/t10-/m0/s1. The van der Waals surface area contributed by atoms with Gasteiger partial charge in [0.2, 0.25) is 0 Å². The van der Waals surface area contributed by atoms with E-state index in [0.29, 0.717) is 15.8 Å². The van der Waals surface area contributed by atoms with Crippen LogP contribution in [0.15, 0.2) is 30.0 Å². The Labute approximate surface area is 144 Å². The van der Waals surface area contributed by atoms with E-state index in [-0.39, 0.29) is 5.91 Å². The van der Waals surface area contributed by atoms with Crippen molar-refractivity contribution in [3.63, 3.8) is 0 Å². The summed E-state index contributed by atoms with van der Waals surface area (Å²) in [4.78, 5) is 12.9. The number of halogens is 1. The number of hydrogen-bond acceptors (Lipinski definition) is 4. The molecule has 3 rings (SSSR count). The quantitative estimate of drug-likeness (QED) is 0.798. The molecular formula is C17H19ClN2O2S. The minimum atomic E-state index is -0.213. The number of fused-ring (bicyclic) bond motifs is 1. The summed E-state index contributed by atoms with van der Waals surface area (Å²) < 4.78 is 6.15. The van der Waals surface area contributed by atoms with Crippen LogP contribution in [0.25, 0.3) is 10.1 Å². The number of rotatable bonds is 4. The van der Waals surface area contributed by atoms with Crippen LogP contribution >= 0.6 is 22.9 Å². The second-order valence-electron chi connectivity index (χ2n) is 5.80. The van der Waals surface area contributed by atoms with Gasteiger partial charge in [-0.3, -0.25) is 10.2 Å². The van der Waals surface area contributed by atoms with Gasteiger partial charge in [-0.1, -0.05) is 24.6 Å². The van der Waals surface area contributed by atoms with Gasteiger partial charge in [-0.15, -0.1) is 11.3 Å². The number of allylic oxidation sites excluding steroid dienone is 2. The summed E-state index contributed by atoms with van der Waals surface area (Å²) in [5, 5.41) is 1.35. The van der Waals surface area contributed by atoms with Crippen molar-refractivity contribution >= 4 is 38.9 Å². The SMILES string of the molecule is COc1ccc2c(Cl)c(C(=O)NNC3=CC[C@H](C)CC3)sc2c1. The maximum Gasteiger partial charge on any atom is 0.281 e. The highest BCUT2D eigenvalue weighted by Gasteiger charge is 2.18. The predicted octanol–water partition coefficient (Wildman–Crippen LogP) is 4.50. The molecule has 1 aromatic heterocycles. The van der Waals surface area contributed by atoms with Crippen LogP contribution in [0, 0.1) is 5.92 Å². The molecule has 1 aliphatic carbocycles. The zero-order valence-corrected chi connectivity index (χ0v) is 14.7. The molecule has 1 heterocycles. The molecular weight excluding hydrogens is 332 g/mol. The van der Waals surface area contributed by atoms with Crippen molar-refractivity contribution in [3.8, 4) is 5.75 Å². The van der Waals surface area contributed by atoms with Crippen molar-refractivity contribution in [2.45, 2.75) is 26.2 Å². The Morgan fingerprint density at radius 3 is 2.96 bits per heavy atom. The molecule has 4 nitrogen and oxygen atoms in total. The lowest BCUT2D eigenvalue weighted by Crippen LogP contribution is -2.37. The fourth-order valence-corrected chi connectivity index (χ4v) is 4.03. The first-order valence-electron chi connectivity index (χ1n) is 7.60. The van der Waals surface area contributed by atoms with E-state index in [1.165, 1.54) is 11.3 Å². The molecule has 1 amide bonds. The Morgan fingerprint density at radius 1 is 1.43 bits per heavy atom. The lowest BCUT2D eigenvalue weighted by atomic mass is 9.95. The van der Waals surface area contributed by atoms with Gasteiger partial charge in [0.15, 0.2) is 0 Å². The van der Waals surface area contributed by atoms with Crippen LogP contribution in [0.4, 0.5) is 0 Å². The van der Waals surface area contributed by atoms with Crippen molar-refractivity contribution in [1.82, 2.24) is 10.9 Å². The van der Waals surface area contributed by atoms with Crippen LogP contribution in [0.1, 0.15) is 35.9 Å². The van der Waals surface area contributed by atoms with Crippen LogP contribution < -0.4 is 15.6 Å². The van der Waals surface area contributed by atoms with Gasteiger partial charge in [-0.05, 0) is 43.4 Å². The maximum atomic E-state index is 12.4. The second kappa shape index (κ2) is 6.81. The van der Waals surface area contributed by atoms with Crippen molar-refractivity contribution in [3.05, 3.63) is 39.9 Å². The molecule has 0 saturated carbocycles. The second-order valence-corrected chi connectivity index (χ2v) is 7.23. The van der Waals surface area contributed by atoms with E-state index in [1.54, 1.807) is 7.11 Å². The van der Waals surface area contributed by atoms with E-state index in [4.69, 9.17) is 16.3 Å². The molecule has 1 atom stereocenters. The van der Waals surface area contributed by atoms with Gasteiger partial charge in [-0.2, -0.15) is 0 Å². The molecule has 0 radical (unpaired) electrons. The summed E-state index contributed by atoms with van der Waals surface area (Å²) in [6, 6.07) is 5.61. The van der Waals surface area contributed by atoms with Gasteiger partial charge in [0.05, 0.1) is 12.1 Å². The largest absolute Gasteiger partial charge is 0.497 e. The summed E-state index contributed by atoms with van der Waals surface area (Å²) in [5.41, 5.74) is 6.84. The van der Waals surface area contributed by atoms with Gasteiger partial charge >= 0.3 is 0 Å². The minimum Gasteiger partial charge on any atom is -0.497 e. The molecule has 0 spiro atoms. The third kappa shape index (κ3) is 3.46. The number of carbonyl (C=O) groups excluding carboxylic acids is 1. The molecule has 2 N–H and O–H groups in total. The first-order valence-corrected chi connectivity index (χ1v) is 8.79. The summed E-state index contributed by atoms with van der Waals surface area (Å²) in [5.74, 6) is 1.25. The molecule has 0 fully saturated rings. The Morgan fingerprint density at radius 2 is 2.26 bits per heavy atom. The molecule has 23 heavy (non-hydrogen) atoms. The van der Waals surface area contributed by atoms with Gasteiger partial charge in [0.25, 0.3) is 5.91 Å². The number of benzene rings is 1. The van der Waals surface area contributed by atoms with E-state index in [0.717, 1.165) is 40.8 Å². The Hall–Kier alpha value is -1.72. The van der Waals surface area contributed by atoms with E-state index >= 15 is 0 Å². The number of ether oxygens (including phenoxy) is 1. The number of nitrogens with one attached hydrogen (secondary N) is 2. The number of hydrazine groups is 1. The lowest BCUT2D eigenvalue weighted by molar-refractivity contribution is 0.0942. The summed E-state index contributed by atoms with van der Waals surface area (Å²) in [6.45, 7) is 2.23. The lowest BCUT2D eigenvalue weighted by Gasteiger charge is -2.19. The third-order valence-electron chi connectivity index (χ3n) is 4.05. The highest BCUT2D eigenvalue weighted by molar-refractivity contribution is 7.21. The van der Waals surface area contributed by atoms with Crippen LogP contribution in [-0.2, 0) is 0 Å². The Bertz CT molecular complexity index is 769. The van der Waals surface area contributed by atoms with E-state index in [9.17, 15) is 4.79 Å². The van der Waals surface area contributed by atoms with Crippen molar-refractivity contribution in [2.24, 2.45) is 5.92 Å². The van der Waals surface area contributed by atoms with Gasteiger partial charge in [0.1, 0.15) is 10.6 Å². The highest BCUT2D eigenvalue weighted by Crippen LogP contribution is 2.37. The summed E-state index contributed by atoms with van der Waals surface area (Å²) in [6.07, 6.45) is 5.28. The normalized spacial score (nSPS) is 17.7. The fraction of sp³-hybridized carbons (Fsp3) is 0.353. The highest BCUT2D eigenvalue weighted by atomic mass is 35.5. The number of hydrogen-bond donors (Lipinski definition) is 2. The van der Waals surface area contributed by atoms with Gasteiger partial charge < -0.3 is 10.2 Å². The smallest absolute Gasteiger partial charge is 0.281 e. The van der Waals surface area contributed by atoms with E-state index < -0.39 is 0 Å². The molecule has 122 valence electrons. The van der Waals surface area contributed by atoms with Crippen LogP contribution in [0.3, 0.4) is 0 Å². The topological polar surface area (TPSA) is 50.4 Å². The molecule has 0 saturated heterocycles. The van der Waals surface area contributed by atoms with Crippen LogP contribution in [-0.4, -0.2) is 13.0 Å². The van der Waals surface area contributed by atoms with E-state index in [2.05, 4.69) is 23.9 Å². The Balaban J connectivity index is 1.74. The van der Waals surface area contributed by atoms with Crippen molar-refractivity contribution < 1.29 is 9.53 Å². The van der Waals surface area contributed by atoms with Gasteiger partial charge in [0, 0.05) is 15.8 Å². The predicted molar refractivity (Wildman–Crippen MR) is 95.1 cm³/mol. The fourth-order valence-electron chi connectivity index (χ4n) is 2.59. The average molecular weight is 351 g/mol. The summed E-state index contributed by atoms with van der Waals surface area (Å²) >= 11 is 7.72. The van der Waals surface area contributed by atoms with Crippen LogP contribution in [0.2, 0.25) is 5.02 Å². The molecule has 2 aromatic rings. The van der Waals surface area contributed by atoms with Gasteiger partial charge in [-0.25, -0.2) is 0 Å². The van der Waals surface area contributed by atoms with Crippen molar-refractivity contribution in [2.75, 3.05) is 7.11 Å². The molecule has 0 aliphatic heterocycles. The number of amides is 1. The molecule has 0 bridgehead atoms. The first-order chi connectivity index (χ1) is 11.1. The minimum absolute atomic E-state index is 0.213. The van der Waals surface area contributed by atoms with Crippen molar-refractivity contribution in [1.29, 1.82) is 0 Å². The molecule has 6 heteroatoms. The first kappa shape index (κ1) is 16.1. The van der Waals surface area contributed by atoms with E-state index in [1.807, 2.05) is 18.2 Å². The molecule has 1 aliphatic rings. The monoisotopic (exact) mass is 350 g/mol. The molecule has 0 unspecified atom stereocenters. The number of thiophene rings is 1. The zero-order valence-electron chi connectivity index (χ0n) is 13.1. The summed E-state index contributed by atoms with van der Waals surface area (Å²) in [7, 11) is 1.62. The maximum absolute atomic E-state index is 12.4. The third-order valence-corrected chi connectivity index (χ3v) is 5.71. The Kier molecular flexibility index (Phi) is 4.78. The zero-order chi connectivity index (χ0) is 16.4. The number of carbonyl (C=O) groups is 1. The number of methoxy groups -OCH3 is 1. The molecule has 1 aromatic carbocycles.